The standard InChI is InChI=1S/C19H13FN4O/c1-12-22-17(18(25)13-7-9-14(20)10-8-13)16-11-21-24(19(16)23-12)15-5-3-2-4-6-15/h2-11H,1H3. The van der Waals surface area contributed by atoms with Crippen molar-refractivity contribution in [3.8, 4) is 5.69 Å². The third kappa shape index (κ3) is 2.67. The smallest absolute Gasteiger partial charge is 0.212 e. The van der Waals surface area contributed by atoms with Gasteiger partial charge in [0, 0.05) is 5.56 Å². The minimum atomic E-state index is -0.391. The van der Waals surface area contributed by atoms with Gasteiger partial charge in [0.15, 0.2) is 5.65 Å². The van der Waals surface area contributed by atoms with Crippen molar-refractivity contribution < 1.29 is 9.18 Å². The number of aromatic nitrogens is 4. The Kier molecular flexibility index (Phi) is 3.57. The van der Waals surface area contributed by atoms with E-state index in [1.807, 2.05) is 30.3 Å². The van der Waals surface area contributed by atoms with E-state index < -0.39 is 5.82 Å². The number of halogens is 1. The summed E-state index contributed by atoms with van der Waals surface area (Å²) < 4.78 is 14.8. The summed E-state index contributed by atoms with van der Waals surface area (Å²) in [6.07, 6.45) is 1.58. The molecule has 0 atom stereocenters. The van der Waals surface area contributed by atoms with Gasteiger partial charge in [-0.1, -0.05) is 18.2 Å². The Labute approximate surface area is 142 Å². The SMILES string of the molecule is Cc1nc(C(=O)c2ccc(F)cc2)c2cnn(-c3ccccc3)c2n1. The van der Waals surface area contributed by atoms with E-state index in [2.05, 4.69) is 15.1 Å². The molecule has 4 rings (SSSR count). The van der Waals surface area contributed by atoms with Crippen LogP contribution in [-0.2, 0) is 0 Å². The van der Waals surface area contributed by atoms with E-state index >= 15 is 0 Å². The van der Waals surface area contributed by atoms with Crippen LogP contribution in [0.2, 0.25) is 0 Å². The van der Waals surface area contributed by atoms with Crippen molar-refractivity contribution in [3.05, 3.63) is 83.7 Å². The molecule has 0 saturated heterocycles. The van der Waals surface area contributed by atoms with Gasteiger partial charge in [0.25, 0.3) is 0 Å². The molecule has 0 saturated carbocycles. The van der Waals surface area contributed by atoms with E-state index in [0.717, 1.165) is 5.69 Å². The Bertz CT molecular complexity index is 1070. The Balaban J connectivity index is 1.89. The van der Waals surface area contributed by atoms with Crippen molar-refractivity contribution in [1.82, 2.24) is 19.7 Å². The lowest BCUT2D eigenvalue weighted by atomic mass is 10.1. The minimum Gasteiger partial charge on any atom is -0.287 e. The number of nitrogens with zero attached hydrogens (tertiary/aromatic N) is 4. The first-order valence-electron chi connectivity index (χ1n) is 7.71. The second kappa shape index (κ2) is 5.90. The van der Waals surface area contributed by atoms with Crippen molar-refractivity contribution in [2.24, 2.45) is 0 Å². The number of carbonyl (C=O) groups excluding carboxylic acids is 1. The normalized spacial score (nSPS) is 11.0. The number of aryl methyl sites for hydroxylation is 1. The predicted molar refractivity (Wildman–Crippen MR) is 91.2 cm³/mol. The van der Waals surface area contributed by atoms with Gasteiger partial charge in [-0.3, -0.25) is 4.79 Å². The van der Waals surface area contributed by atoms with Gasteiger partial charge >= 0.3 is 0 Å². The van der Waals surface area contributed by atoms with Crippen LogP contribution in [0.25, 0.3) is 16.7 Å². The number of hydrogen-bond acceptors (Lipinski definition) is 4. The molecule has 4 aromatic rings. The molecule has 0 amide bonds. The monoisotopic (exact) mass is 332 g/mol. The van der Waals surface area contributed by atoms with Crippen LogP contribution in [0.4, 0.5) is 4.39 Å². The molecule has 0 unspecified atom stereocenters. The molecule has 6 heteroatoms. The average molecular weight is 332 g/mol. The molecule has 0 bridgehead atoms. The van der Waals surface area contributed by atoms with E-state index in [1.54, 1.807) is 17.8 Å². The Hall–Kier alpha value is -3.41. The highest BCUT2D eigenvalue weighted by molar-refractivity contribution is 6.14. The van der Waals surface area contributed by atoms with Crippen molar-refractivity contribution in [2.75, 3.05) is 0 Å². The largest absolute Gasteiger partial charge is 0.287 e. The van der Waals surface area contributed by atoms with Gasteiger partial charge in [-0.05, 0) is 43.3 Å². The summed E-state index contributed by atoms with van der Waals surface area (Å²) in [6.45, 7) is 1.73. The molecule has 5 nitrogen and oxygen atoms in total. The molecule has 2 aromatic heterocycles. The number of fused-ring (bicyclic) bond motifs is 1. The molecular weight excluding hydrogens is 319 g/mol. The van der Waals surface area contributed by atoms with Gasteiger partial charge in [0.1, 0.15) is 17.3 Å². The molecule has 0 aliphatic carbocycles. The Morgan fingerprint density at radius 1 is 1.00 bits per heavy atom. The lowest BCUT2D eigenvalue weighted by molar-refractivity contribution is 0.103. The minimum absolute atomic E-state index is 0.260. The Morgan fingerprint density at radius 2 is 1.72 bits per heavy atom. The van der Waals surface area contributed by atoms with Crippen molar-refractivity contribution in [1.29, 1.82) is 0 Å². The zero-order valence-corrected chi connectivity index (χ0v) is 13.3. The fourth-order valence-corrected chi connectivity index (χ4v) is 2.69. The number of carbonyl (C=O) groups is 1. The van der Waals surface area contributed by atoms with Gasteiger partial charge in [-0.25, -0.2) is 19.0 Å². The number of rotatable bonds is 3. The summed E-state index contributed by atoms with van der Waals surface area (Å²) in [5, 5.41) is 4.92. The summed E-state index contributed by atoms with van der Waals surface area (Å²) in [7, 11) is 0. The molecule has 0 radical (unpaired) electrons. The van der Waals surface area contributed by atoms with E-state index in [0.29, 0.717) is 22.4 Å². The number of benzene rings is 2. The van der Waals surface area contributed by atoms with Crippen LogP contribution in [0.3, 0.4) is 0 Å². The predicted octanol–water partition coefficient (Wildman–Crippen LogP) is 3.49. The Morgan fingerprint density at radius 3 is 2.44 bits per heavy atom. The highest BCUT2D eigenvalue weighted by atomic mass is 19.1. The van der Waals surface area contributed by atoms with Crippen LogP contribution < -0.4 is 0 Å². The maximum absolute atomic E-state index is 13.1. The van der Waals surface area contributed by atoms with Gasteiger partial charge < -0.3 is 0 Å². The van der Waals surface area contributed by atoms with E-state index in [9.17, 15) is 9.18 Å². The maximum Gasteiger partial charge on any atom is 0.212 e. The van der Waals surface area contributed by atoms with Crippen LogP contribution in [0.1, 0.15) is 21.9 Å². The van der Waals surface area contributed by atoms with Crippen LogP contribution in [0.15, 0.2) is 60.8 Å². The average Bonchev–Trinajstić information content (AvgIpc) is 3.05. The second-order valence-corrected chi connectivity index (χ2v) is 5.58. The number of hydrogen-bond donors (Lipinski definition) is 0. The third-order valence-corrected chi connectivity index (χ3v) is 3.86. The first kappa shape index (κ1) is 15.1. The first-order chi connectivity index (χ1) is 12.1. The fourth-order valence-electron chi connectivity index (χ4n) is 2.69. The van der Waals surface area contributed by atoms with Gasteiger partial charge in [0.05, 0.1) is 17.3 Å². The molecule has 0 spiro atoms. The fraction of sp³-hybridized carbons (Fsp3) is 0.0526. The lowest BCUT2D eigenvalue weighted by Gasteiger charge is -2.06. The van der Waals surface area contributed by atoms with Crippen LogP contribution >= 0.6 is 0 Å². The topological polar surface area (TPSA) is 60.7 Å². The quantitative estimate of drug-likeness (QED) is 0.539. The van der Waals surface area contributed by atoms with Crippen LogP contribution in [-0.4, -0.2) is 25.5 Å². The molecule has 25 heavy (non-hydrogen) atoms. The summed E-state index contributed by atoms with van der Waals surface area (Å²) in [5.41, 5.74) is 2.03. The zero-order chi connectivity index (χ0) is 17.4. The molecule has 0 N–H and O–H groups in total. The van der Waals surface area contributed by atoms with Crippen molar-refractivity contribution in [2.45, 2.75) is 6.92 Å². The van der Waals surface area contributed by atoms with E-state index in [4.69, 9.17) is 0 Å². The third-order valence-electron chi connectivity index (χ3n) is 3.86. The lowest BCUT2D eigenvalue weighted by Crippen LogP contribution is -2.08. The highest BCUT2D eigenvalue weighted by Gasteiger charge is 2.19. The number of ketones is 1. The summed E-state index contributed by atoms with van der Waals surface area (Å²) in [5.74, 6) is -0.212. The maximum atomic E-state index is 13.1. The molecule has 0 fully saturated rings. The summed E-state index contributed by atoms with van der Waals surface area (Å²) in [6, 6.07) is 14.9. The van der Waals surface area contributed by atoms with Crippen LogP contribution in [0, 0.1) is 12.7 Å². The molecule has 2 aromatic carbocycles. The molecule has 0 aliphatic rings. The van der Waals surface area contributed by atoms with Crippen molar-refractivity contribution in [3.63, 3.8) is 0 Å². The van der Waals surface area contributed by atoms with Gasteiger partial charge in [0.2, 0.25) is 5.78 Å². The molecule has 0 aliphatic heterocycles. The molecule has 2 heterocycles. The zero-order valence-electron chi connectivity index (χ0n) is 13.3. The van der Waals surface area contributed by atoms with Gasteiger partial charge in [-0.15, -0.1) is 0 Å². The second-order valence-electron chi connectivity index (χ2n) is 5.58. The van der Waals surface area contributed by atoms with Gasteiger partial charge in [-0.2, -0.15) is 5.10 Å². The first-order valence-corrected chi connectivity index (χ1v) is 7.71. The molecular formula is C19H13FN4O. The molecule has 122 valence electrons. The number of para-hydroxylation sites is 1. The van der Waals surface area contributed by atoms with Crippen molar-refractivity contribution >= 4 is 16.8 Å². The van der Waals surface area contributed by atoms with E-state index in [1.165, 1.54) is 24.3 Å². The van der Waals surface area contributed by atoms with Crippen LogP contribution in [0.5, 0.6) is 0 Å². The highest BCUT2D eigenvalue weighted by Crippen LogP contribution is 2.21. The van der Waals surface area contributed by atoms with E-state index in [-0.39, 0.29) is 11.5 Å². The summed E-state index contributed by atoms with van der Waals surface area (Å²) >= 11 is 0. The summed E-state index contributed by atoms with van der Waals surface area (Å²) in [4.78, 5) is 21.6.